The minimum atomic E-state index is 0.0452. The van der Waals surface area contributed by atoms with Crippen LogP contribution in [0.3, 0.4) is 0 Å². The number of hydrogen-bond acceptors (Lipinski definition) is 3. The van der Waals surface area contributed by atoms with E-state index in [1.54, 1.807) is 0 Å². The van der Waals surface area contributed by atoms with Gasteiger partial charge in [-0.15, -0.1) is 11.8 Å². The number of amides is 1. The van der Waals surface area contributed by atoms with Gasteiger partial charge in [0.1, 0.15) is 11.1 Å². The molecule has 1 amide bonds. The number of aryl methyl sites for hydroxylation is 2. The molecule has 0 aromatic heterocycles. The lowest BCUT2D eigenvalue weighted by molar-refractivity contribution is -0.133. The van der Waals surface area contributed by atoms with Crippen molar-refractivity contribution in [3.8, 4) is 5.75 Å². The van der Waals surface area contributed by atoms with Crippen LogP contribution in [0.2, 0.25) is 0 Å². The molecule has 0 saturated carbocycles. The molecular formula is C19H21NO2S. The highest BCUT2D eigenvalue weighted by atomic mass is 32.2. The van der Waals surface area contributed by atoms with Gasteiger partial charge in [-0.1, -0.05) is 42.0 Å². The van der Waals surface area contributed by atoms with Crippen molar-refractivity contribution in [3.05, 3.63) is 65.2 Å². The molecule has 1 unspecified atom stereocenters. The van der Waals surface area contributed by atoms with E-state index in [0.29, 0.717) is 0 Å². The molecular weight excluding hydrogens is 306 g/mol. The lowest BCUT2D eigenvalue weighted by Crippen LogP contribution is -2.34. The molecule has 2 aromatic rings. The van der Waals surface area contributed by atoms with Crippen molar-refractivity contribution in [1.29, 1.82) is 0 Å². The van der Waals surface area contributed by atoms with Crippen LogP contribution in [0.4, 0.5) is 0 Å². The van der Waals surface area contributed by atoms with E-state index in [1.165, 1.54) is 16.7 Å². The maximum absolute atomic E-state index is 12.6. The number of carbonyl (C=O) groups is 1. The number of rotatable bonds is 4. The molecule has 0 N–H and O–H groups in total. The highest BCUT2D eigenvalue weighted by Gasteiger charge is 2.31. The summed E-state index contributed by atoms with van der Waals surface area (Å²) in [4.78, 5) is 14.5. The van der Waals surface area contributed by atoms with Crippen molar-refractivity contribution in [1.82, 2.24) is 4.90 Å². The fraction of sp³-hybridized carbons (Fsp3) is 0.316. The lowest BCUT2D eigenvalue weighted by Gasteiger charge is -2.25. The molecule has 0 bridgehead atoms. The summed E-state index contributed by atoms with van der Waals surface area (Å²) >= 11 is 1.82. The van der Waals surface area contributed by atoms with Gasteiger partial charge in [0.15, 0.2) is 6.61 Å². The van der Waals surface area contributed by atoms with Gasteiger partial charge in [0.2, 0.25) is 0 Å². The molecule has 3 rings (SSSR count). The molecule has 1 fully saturated rings. The van der Waals surface area contributed by atoms with E-state index in [2.05, 4.69) is 32.0 Å². The number of para-hydroxylation sites is 1. The van der Waals surface area contributed by atoms with Crippen LogP contribution in [0.25, 0.3) is 0 Å². The van der Waals surface area contributed by atoms with Crippen LogP contribution >= 0.6 is 11.8 Å². The molecule has 1 aliphatic heterocycles. The quantitative estimate of drug-likeness (QED) is 0.851. The van der Waals surface area contributed by atoms with Crippen molar-refractivity contribution in [3.63, 3.8) is 0 Å². The van der Waals surface area contributed by atoms with Crippen molar-refractivity contribution in [2.24, 2.45) is 0 Å². The van der Waals surface area contributed by atoms with Crippen LogP contribution in [0.1, 0.15) is 22.1 Å². The molecule has 120 valence electrons. The first-order chi connectivity index (χ1) is 11.1. The van der Waals surface area contributed by atoms with Gasteiger partial charge in [-0.05, 0) is 37.1 Å². The molecule has 4 heteroatoms. The fourth-order valence-corrected chi connectivity index (χ4v) is 4.20. The van der Waals surface area contributed by atoms with Gasteiger partial charge in [0.25, 0.3) is 5.91 Å². The second-order valence-corrected chi connectivity index (χ2v) is 6.96. The maximum Gasteiger partial charge on any atom is 0.261 e. The molecule has 0 spiro atoms. The molecule has 1 heterocycles. The Labute approximate surface area is 141 Å². The molecule has 23 heavy (non-hydrogen) atoms. The molecule has 3 nitrogen and oxygen atoms in total. The Morgan fingerprint density at radius 1 is 1.22 bits per heavy atom. The highest BCUT2D eigenvalue weighted by Crippen LogP contribution is 2.39. The van der Waals surface area contributed by atoms with Crippen LogP contribution in [-0.2, 0) is 4.79 Å². The first kappa shape index (κ1) is 15.9. The van der Waals surface area contributed by atoms with Crippen molar-refractivity contribution >= 4 is 17.7 Å². The average molecular weight is 327 g/mol. The van der Waals surface area contributed by atoms with Crippen LogP contribution in [0.15, 0.2) is 48.5 Å². The van der Waals surface area contributed by atoms with E-state index in [-0.39, 0.29) is 17.9 Å². The smallest absolute Gasteiger partial charge is 0.261 e. The first-order valence-electron chi connectivity index (χ1n) is 7.81. The summed E-state index contributed by atoms with van der Waals surface area (Å²) < 4.78 is 5.61. The van der Waals surface area contributed by atoms with Gasteiger partial charge >= 0.3 is 0 Å². The largest absolute Gasteiger partial charge is 0.484 e. The Balaban J connectivity index is 1.69. The van der Waals surface area contributed by atoms with Gasteiger partial charge in [-0.3, -0.25) is 4.79 Å². The van der Waals surface area contributed by atoms with E-state index < -0.39 is 0 Å². The molecule has 2 aromatic carbocycles. The fourth-order valence-electron chi connectivity index (χ4n) is 2.83. The second kappa shape index (κ2) is 7.09. The normalized spacial score (nSPS) is 17.3. The standard InChI is InChI=1S/C19H21NO2S/c1-14-8-9-17(15(2)12-14)19-20(10-11-23-19)18(21)13-22-16-6-4-3-5-7-16/h3-9,12,19H,10-11,13H2,1-2H3. The summed E-state index contributed by atoms with van der Waals surface area (Å²) in [6.45, 7) is 5.07. The third-order valence-corrected chi connectivity index (χ3v) is 5.25. The van der Waals surface area contributed by atoms with Crippen molar-refractivity contribution < 1.29 is 9.53 Å². The number of ether oxygens (including phenoxy) is 1. The summed E-state index contributed by atoms with van der Waals surface area (Å²) in [6.07, 6.45) is 0. The average Bonchev–Trinajstić information content (AvgIpc) is 3.03. The number of benzene rings is 2. The summed E-state index contributed by atoms with van der Waals surface area (Å²) in [6, 6.07) is 15.9. The third-order valence-electron chi connectivity index (χ3n) is 4.01. The minimum absolute atomic E-state index is 0.0452. The van der Waals surface area contributed by atoms with E-state index >= 15 is 0 Å². The Bertz CT molecular complexity index is 687. The SMILES string of the molecule is Cc1ccc(C2SCCN2C(=O)COc2ccccc2)c(C)c1. The molecule has 1 aliphatic rings. The summed E-state index contributed by atoms with van der Waals surface area (Å²) in [7, 11) is 0. The highest BCUT2D eigenvalue weighted by molar-refractivity contribution is 7.99. The van der Waals surface area contributed by atoms with Crippen molar-refractivity contribution in [2.45, 2.75) is 19.2 Å². The Morgan fingerprint density at radius 2 is 2.00 bits per heavy atom. The first-order valence-corrected chi connectivity index (χ1v) is 8.86. The third kappa shape index (κ3) is 3.70. The van der Waals surface area contributed by atoms with Crippen LogP contribution in [0, 0.1) is 13.8 Å². The molecule has 0 radical (unpaired) electrons. The second-order valence-electron chi connectivity index (χ2n) is 5.77. The predicted octanol–water partition coefficient (Wildman–Crippen LogP) is 3.96. The van der Waals surface area contributed by atoms with Crippen molar-refractivity contribution in [2.75, 3.05) is 18.9 Å². The van der Waals surface area contributed by atoms with Gasteiger partial charge in [0, 0.05) is 12.3 Å². The van der Waals surface area contributed by atoms with Gasteiger partial charge in [0.05, 0.1) is 0 Å². The Morgan fingerprint density at radius 3 is 2.74 bits per heavy atom. The van der Waals surface area contributed by atoms with Gasteiger partial charge in [-0.25, -0.2) is 0 Å². The monoisotopic (exact) mass is 327 g/mol. The zero-order chi connectivity index (χ0) is 16.2. The van der Waals surface area contributed by atoms with Crippen LogP contribution < -0.4 is 4.74 Å². The van der Waals surface area contributed by atoms with E-state index in [4.69, 9.17) is 4.74 Å². The zero-order valence-corrected chi connectivity index (χ0v) is 14.3. The summed E-state index contributed by atoms with van der Waals surface area (Å²) in [5.74, 6) is 1.74. The van der Waals surface area contributed by atoms with Gasteiger partial charge < -0.3 is 9.64 Å². The Kier molecular flexibility index (Phi) is 4.91. The lowest BCUT2D eigenvalue weighted by atomic mass is 10.1. The van der Waals surface area contributed by atoms with E-state index in [9.17, 15) is 4.79 Å². The van der Waals surface area contributed by atoms with E-state index in [1.807, 2.05) is 47.0 Å². The van der Waals surface area contributed by atoms with Crippen LogP contribution in [-0.4, -0.2) is 29.7 Å². The maximum atomic E-state index is 12.6. The Hall–Kier alpha value is -1.94. The summed E-state index contributed by atoms with van der Waals surface area (Å²) in [5, 5.41) is 0.0995. The zero-order valence-electron chi connectivity index (χ0n) is 13.5. The number of carbonyl (C=O) groups excluding carboxylic acids is 1. The van der Waals surface area contributed by atoms with Gasteiger partial charge in [-0.2, -0.15) is 0 Å². The molecule has 1 saturated heterocycles. The topological polar surface area (TPSA) is 29.5 Å². The number of thioether (sulfide) groups is 1. The summed E-state index contributed by atoms with van der Waals surface area (Å²) in [5.41, 5.74) is 3.72. The molecule has 1 atom stereocenters. The van der Waals surface area contributed by atoms with E-state index in [0.717, 1.165) is 18.0 Å². The predicted molar refractivity (Wildman–Crippen MR) is 94.8 cm³/mol. The molecule has 0 aliphatic carbocycles. The minimum Gasteiger partial charge on any atom is -0.484 e. The number of nitrogens with zero attached hydrogens (tertiary/aromatic N) is 1. The van der Waals surface area contributed by atoms with Crippen LogP contribution in [0.5, 0.6) is 5.75 Å². The number of hydrogen-bond donors (Lipinski definition) is 0.